The summed E-state index contributed by atoms with van der Waals surface area (Å²) in [4.78, 5) is 11.1. The summed E-state index contributed by atoms with van der Waals surface area (Å²) in [6, 6.07) is 2.86. The number of alkyl halides is 3. The summed E-state index contributed by atoms with van der Waals surface area (Å²) >= 11 is 1.05. The van der Waals surface area contributed by atoms with Crippen LogP contribution in [0.4, 0.5) is 13.2 Å². The van der Waals surface area contributed by atoms with E-state index in [1.165, 1.54) is 0 Å². The van der Waals surface area contributed by atoms with Gasteiger partial charge in [-0.3, -0.25) is 4.79 Å². The van der Waals surface area contributed by atoms with Crippen molar-refractivity contribution in [1.29, 1.82) is 0 Å². The van der Waals surface area contributed by atoms with Crippen molar-refractivity contribution >= 4 is 30.1 Å². The highest BCUT2D eigenvalue weighted by Crippen LogP contribution is 2.32. The molecule has 0 aliphatic carbocycles. The zero-order valence-corrected chi connectivity index (χ0v) is 9.80. The van der Waals surface area contributed by atoms with Crippen molar-refractivity contribution in [3.05, 3.63) is 29.3 Å². The quantitative estimate of drug-likeness (QED) is 0.841. The fraction of sp³-hybridized carbons (Fsp3) is 0.222. The van der Waals surface area contributed by atoms with Crippen molar-refractivity contribution in [3.8, 4) is 0 Å². The van der Waals surface area contributed by atoms with Crippen LogP contribution < -0.4 is 5.73 Å². The van der Waals surface area contributed by atoms with Crippen molar-refractivity contribution in [2.75, 3.05) is 6.26 Å². The monoisotopic (exact) mass is 271 g/mol. The van der Waals surface area contributed by atoms with Crippen molar-refractivity contribution in [3.63, 3.8) is 0 Å². The van der Waals surface area contributed by atoms with E-state index < -0.39 is 17.6 Å². The van der Waals surface area contributed by atoms with Gasteiger partial charge < -0.3 is 5.73 Å². The molecule has 0 fully saturated rings. The maximum absolute atomic E-state index is 12.3. The Morgan fingerprint density at radius 3 is 2.31 bits per heavy atom. The lowest BCUT2D eigenvalue weighted by atomic mass is 10.1. The fourth-order valence-electron chi connectivity index (χ4n) is 1.07. The van der Waals surface area contributed by atoms with Gasteiger partial charge in [-0.1, -0.05) is 0 Å². The number of thioether (sulfide) groups is 1. The van der Waals surface area contributed by atoms with Crippen LogP contribution in [0, 0.1) is 0 Å². The predicted octanol–water partition coefficient (Wildman–Crippen LogP) is 2.95. The van der Waals surface area contributed by atoms with Crippen LogP contribution in [0.2, 0.25) is 0 Å². The third-order valence-electron chi connectivity index (χ3n) is 1.79. The first-order valence-corrected chi connectivity index (χ1v) is 5.13. The minimum atomic E-state index is -4.40. The van der Waals surface area contributed by atoms with E-state index in [1.807, 2.05) is 0 Å². The van der Waals surface area contributed by atoms with Crippen LogP contribution in [0.5, 0.6) is 0 Å². The largest absolute Gasteiger partial charge is 0.416 e. The molecule has 0 aliphatic heterocycles. The molecule has 0 unspecified atom stereocenters. The number of nitrogens with two attached hydrogens (primary N) is 1. The Morgan fingerprint density at radius 1 is 1.38 bits per heavy atom. The van der Waals surface area contributed by atoms with E-state index >= 15 is 0 Å². The average Bonchev–Trinajstić information content (AvgIpc) is 2.15. The van der Waals surface area contributed by atoms with Gasteiger partial charge in [-0.2, -0.15) is 13.2 Å². The Hall–Kier alpha value is -0.880. The molecule has 0 saturated carbocycles. The molecule has 1 rings (SSSR count). The Morgan fingerprint density at radius 2 is 1.94 bits per heavy atom. The lowest BCUT2D eigenvalue weighted by molar-refractivity contribution is -0.137. The number of benzene rings is 1. The number of hydrogen-bond acceptors (Lipinski definition) is 2. The summed E-state index contributed by atoms with van der Waals surface area (Å²) in [5, 5.41) is 0. The molecule has 0 aromatic heterocycles. The molecule has 0 bridgehead atoms. The number of halogens is 4. The standard InChI is InChI=1S/C9H8F3NOS.ClH/c1-15-7-4-5(9(10,11)12)2-3-6(7)8(13)14;/h2-4H,1H3,(H2,13,14);1H. The van der Waals surface area contributed by atoms with E-state index in [-0.39, 0.29) is 22.9 Å². The van der Waals surface area contributed by atoms with E-state index in [4.69, 9.17) is 5.73 Å². The minimum Gasteiger partial charge on any atom is -0.366 e. The molecule has 1 aromatic carbocycles. The van der Waals surface area contributed by atoms with Gasteiger partial charge in [-0.05, 0) is 24.5 Å². The maximum Gasteiger partial charge on any atom is 0.416 e. The highest BCUT2D eigenvalue weighted by molar-refractivity contribution is 7.98. The predicted molar refractivity (Wildman–Crippen MR) is 59.0 cm³/mol. The first kappa shape index (κ1) is 15.1. The average molecular weight is 272 g/mol. The van der Waals surface area contributed by atoms with Crippen LogP contribution in [0.1, 0.15) is 15.9 Å². The molecule has 2 nitrogen and oxygen atoms in total. The number of hydrogen-bond donors (Lipinski definition) is 1. The lowest BCUT2D eigenvalue weighted by Gasteiger charge is -2.09. The smallest absolute Gasteiger partial charge is 0.366 e. The van der Waals surface area contributed by atoms with E-state index in [9.17, 15) is 18.0 Å². The summed E-state index contributed by atoms with van der Waals surface area (Å²) in [5.74, 6) is -0.729. The fourth-order valence-corrected chi connectivity index (χ4v) is 1.70. The lowest BCUT2D eigenvalue weighted by Crippen LogP contribution is -2.13. The van der Waals surface area contributed by atoms with Crippen molar-refractivity contribution in [2.24, 2.45) is 5.73 Å². The second-order valence-corrected chi connectivity index (χ2v) is 3.63. The summed E-state index contributed by atoms with van der Waals surface area (Å²) in [6.07, 6.45) is -2.82. The Labute approximate surface area is 101 Å². The summed E-state index contributed by atoms with van der Waals surface area (Å²) in [6.45, 7) is 0. The van der Waals surface area contributed by atoms with Gasteiger partial charge in [0.1, 0.15) is 0 Å². The molecule has 16 heavy (non-hydrogen) atoms. The molecule has 0 heterocycles. The topological polar surface area (TPSA) is 43.1 Å². The van der Waals surface area contributed by atoms with Crippen LogP contribution in [-0.4, -0.2) is 12.2 Å². The zero-order valence-electron chi connectivity index (χ0n) is 8.17. The van der Waals surface area contributed by atoms with E-state index in [1.54, 1.807) is 6.26 Å². The summed E-state index contributed by atoms with van der Waals surface area (Å²) < 4.78 is 36.9. The summed E-state index contributed by atoms with van der Waals surface area (Å²) in [7, 11) is 0. The van der Waals surface area contributed by atoms with Crippen LogP contribution in [0.25, 0.3) is 0 Å². The third-order valence-corrected chi connectivity index (χ3v) is 2.57. The highest BCUT2D eigenvalue weighted by Gasteiger charge is 2.31. The molecular formula is C9H9ClF3NOS. The number of amides is 1. The van der Waals surface area contributed by atoms with Gasteiger partial charge in [0.25, 0.3) is 0 Å². The van der Waals surface area contributed by atoms with Gasteiger partial charge in [0, 0.05) is 4.90 Å². The number of primary amides is 1. The first-order chi connectivity index (χ1) is 6.86. The van der Waals surface area contributed by atoms with Crippen molar-refractivity contribution in [2.45, 2.75) is 11.1 Å². The third kappa shape index (κ3) is 3.31. The number of carbonyl (C=O) groups is 1. The van der Waals surface area contributed by atoms with Gasteiger partial charge in [0.15, 0.2) is 0 Å². The molecular weight excluding hydrogens is 263 g/mol. The first-order valence-electron chi connectivity index (χ1n) is 3.91. The SMILES string of the molecule is CSc1cc(C(F)(F)F)ccc1C(N)=O.Cl. The molecule has 0 radical (unpaired) electrons. The van der Waals surface area contributed by atoms with Crippen molar-refractivity contribution < 1.29 is 18.0 Å². The van der Waals surface area contributed by atoms with Gasteiger partial charge in [-0.15, -0.1) is 24.2 Å². The van der Waals surface area contributed by atoms with E-state index in [0.717, 1.165) is 30.0 Å². The van der Waals surface area contributed by atoms with Gasteiger partial charge in [0.2, 0.25) is 5.91 Å². The normalized spacial score (nSPS) is 10.8. The zero-order chi connectivity index (χ0) is 11.6. The number of carbonyl (C=O) groups excluding carboxylic acids is 1. The molecule has 1 amide bonds. The number of rotatable bonds is 2. The van der Waals surface area contributed by atoms with Crippen LogP contribution >= 0.6 is 24.2 Å². The van der Waals surface area contributed by atoms with Gasteiger partial charge in [0.05, 0.1) is 11.1 Å². The molecule has 0 aliphatic rings. The second-order valence-electron chi connectivity index (χ2n) is 2.78. The van der Waals surface area contributed by atoms with Gasteiger partial charge in [-0.25, -0.2) is 0 Å². The molecule has 1 aromatic rings. The van der Waals surface area contributed by atoms with Crippen LogP contribution in [0.15, 0.2) is 23.1 Å². The molecule has 0 atom stereocenters. The molecule has 7 heteroatoms. The van der Waals surface area contributed by atoms with E-state index in [0.29, 0.717) is 0 Å². The molecule has 2 N–H and O–H groups in total. The maximum atomic E-state index is 12.3. The minimum absolute atomic E-state index is 0. The Balaban J connectivity index is 0.00000225. The van der Waals surface area contributed by atoms with Crippen LogP contribution in [-0.2, 0) is 6.18 Å². The van der Waals surface area contributed by atoms with Crippen LogP contribution in [0.3, 0.4) is 0 Å². The Kier molecular flexibility index (Phi) is 5.15. The summed E-state index contributed by atoms with van der Waals surface area (Å²) in [5.41, 5.74) is 4.34. The Bertz CT molecular complexity index is 395. The molecule has 0 saturated heterocycles. The van der Waals surface area contributed by atoms with Crippen molar-refractivity contribution in [1.82, 2.24) is 0 Å². The molecule has 0 spiro atoms. The van der Waals surface area contributed by atoms with Gasteiger partial charge >= 0.3 is 6.18 Å². The molecule has 90 valence electrons. The van der Waals surface area contributed by atoms with E-state index in [2.05, 4.69) is 0 Å². The highest BCUT2D eigenvalue weighted by atomic mass is 35.5. The second kappa shape index (κ2) is 5.45.